The van der Waals surface area contributed by atoms with Gasteiger partial charge in [-0.15, -0.1) is 0 Å². The quantitative estimate of drug-likeness (QED) is 0.174. The van der Waals surface area contributed by atoms with Crippen LogP contribution in [0.2, 0.25) is 0 Å². The van der Waals surface area contributed by atoms with E-state index in [1.54, 1.807) is 0 Å². The largest absolute Gasteiger partial charge is 0.208 e. The summed E-state index contributed by atoms with van der Waals surface area (Å²) in [7, 11) is 0. The first-order valence-electron chi connectivity index (χ1n) is 22.3. The zero-order chi connectivity index (χ0) is 42.6. The van der Waals surface area contributed by atoms with Gasteiger partial charge < -0.3 is 0 Å². The molecule has 0 radical (unpaired) electrons. The zero-order valence-corrected chi connectivity index (χ0v) is 35.2. The molecule has 0 aliphatic heterocycles. The average Bonchev–Trinajstić information content (AvgIpc) is 3.99. The summed E-state index contributed by atoms with van der Waals surface area (Å²) in [6, 6.07) is 81.6. The maximum atomic E-state index is 5.10. The second kappa shape index (κ2) is 13.7. The molecular formula is C62H37N3. The molecule has 0 bridgehead atoms. The summed E-state index contributed by atoms with van der Waals surface area (Å²) in [5.41, 5.74) is 22.9. The molecule has 1 spiro atoms. The Labute approximate surface area is 377 Å². The highest BCUT2D eigenvalue weighted by atomic mass is 15.0. The van der Waals surface area contributed by atoms with E-state index in [2.05, 4.69) is 200 Å². The average molecular weight is 824 g/mol. The molecule has 1 aromatic heterocycles. The first kappa shape index (κ1) is 36.0. The van der Waals surface area contributed by atoms with Crippen LogP contribution in [-0.2, 0) is 5.41 Å². The van der Waals surface area contributed by atoms with Crippen LogP contribution in [0.5, 0.6) is 0 Å². The Morgan fingerprint density at radius 3 is 1.32 bits per heavy atom. The van der Waals surface area contributed by atoms with Crippen LogP contribution in [0.3, 0.4) is 0 Å². The number of benzene rings is 10. The number of nitrogens with zero attached hydrogens (tertiary/aromatic N) is 3. The summed E-state index contributed by atoms with van der Waals surface area (Å²) in [6.07, 6.45) is 0. The standard InChI is InChI=1S/C62H37N3/c1-3-14-38(15-4-1)39-26-30-42(31-27-39)60-63-59(41-16-5-2-6-17-41)64-61(65-60)43-32-28-40(29-33-43)44-34-35-48-47-20-9-11-24-53(47)62(55(48)36-44)54-25-12-10-21-50(54)58-51-23-13-22-49-45-18-7-8-19-46(45)52(57(49)51)37-56(58)62/h1-37H. The van der Waals surface area contributed by atoms with Crippen LogP contribution >= 0.6 is 0 Å². The van der Waals surface area contributed by atoms with Crippen molar-refractivity contribution in [2.24, 2.45) is 0 Å². The van der Waals surface area contributed by atoms with Crippen LogP contribution in [0.4, 0.5) is 0 Å². The van der Waals surface area contributed by atoms with E-state index in [9.17, 15) is 0 Å². The SMILES string of the molecule is c1ccc(-c2ccc(-c3nc(-c4ccccc4)nc(-c4ccc(-c5ccc6c(c5)C5(c7ccccc7-6)c6ccccc6-c6c5cc5c7c(cccc67)-c6ccccc6-5)cc4)n3)cc2)cc1. The Morgan fingerprint density at radius 2 is 0.677 bits per heavy atom. The zero-order valence-electron chi connectivity index (χ0n) is 35.2. The number of aromatic nitrogens is 3. The lowest BCUT2D eigenvalue weighted by Gasteiger charge is -2.31. The van der Waals surface area contributed by atoms with Crippen LogP contribution in [0.15, 0.2) is 224 Å². The topological polar surface area (TPSA) is 38.7 Å². The molecule has 3 aliphatic rings. The van der Waals surface area contributed by atoms with Gasteiger partial charge in [-0.2, -0.15) is 0 Å². The second-order valence-corrected chi connectivity index (χ2v) is 17.4. The van der Waals surface area contributed by atoms with Crippen LogP contribution in [0.1, 0.15) is 22.3 Å². The van der Waals surface area contributed by atoms with E-state index < -0.39 is 5.41 Å². The molecule has 3 heteroatoms. The maximum Gasteiger partial charge on any atom is 0.164 e. The van der Waals surface area contributed by atoms with Gasteiger partial charge in [0.15, 0.2) is 17.5 Å². The molecule has 1 unspecified atom stereocenters. The van der Waals surface area contributed by atoms with Crippen molar-refractivity contribution in [3.63, 3.8) is 0 Å². The number of rotatable bonds is 5. The van der Waals surface area contributed by atoms with E-state index in [0.29, 0.717) is 17.5 Å². The molecular weight excluding hydrogens is 787 g/mol. The van der Waals surface area contributed by atoms with Gasteiger partial charge in [0.05, 0.1) is 5.41 Å². The highest BCUT2D eigenvalue weighted by Crippen LogP contribution is 2.66. The van der Waals surface area contributed by atoms with Gasteiger partial charge in [0.1, 0.15) is 0 Å². The third kappa shape index (κ3) is 5.15. The van der Waals surface area contributed by atoms with Crippen molar-refractivity contribution >= 4 is 10.8 Å². The molecule has 65 heavy (non-hydrogen) atoms. The first-order valence-corrected chi connectivity index (χ1v) is 22.3. The lowest BCUT2D eigenvalue weighted by Crippen LogP contribution is -2.26. The maximum absolute atomic E-state index is 5.10. The van der Waals surface area contributed by atoms with Gasteiger partial charge in [-0.25, -0.2) is 15.0 Å². The molecule has 300 valence electrons. The third-order valence-electron chi connectivity index (χ3n) is 14.1. The summed E-state index contributed by atoms with van der Waals surface area (Å²) in [5, 5.41) is 2.69. The minimum Gasteiger partial charge on any atom is -0.208 e. The van der Waals surface area contributed by atoms with Crippen molar-refractivity contribution in [1.29, 1.82) is 0 Å². The van der Waals surface area contributed by atoms with Crippen LogP contribution in [0.25, 0.3) is 112 Å². The van der Waals surface area contributed by atoms with Gasteiger partial charge in [0.25, 0.3) is 0 Å². The third-order valence-corrected chi connectivity index (χ3v) is 14.1. The highest BCUT2D eigenvalue weighted by molar-refractivity contribution is 6.21. The monoisotopic (exact) mass is 823 g/mol. The summed E-state index contributed by atoms with van der Waals surface area (Å²) >= 11 is 0. The highest BCUT2D eigenvalue weighted by Gasteiger charge is 2.52. The fourth-order valence-electron chi connectivity index (χ4n) is 11.3. The fourth-order valence-corrected chi connectivity index (χ4v) is 11.3. The molecule has 3 nitrogen and oxygen atoms in total. The van der Waals surface area contributed by atoms with E-state index in [0.717, 1.165) is 27.8 Å². The van der Waals surface area contributed by atoms with Gasteiger partial charge in [0, 0.05) is 16.7 Å². The van der Waals surface area contributed by atoms with Crippen molar-refractivity contribution in [3.05, 3.63) is 247 Å². The molecule has 0 amide bonds. The van der Waals surface area contributed by atoms with E-state index >= 15 is 0 Å². The molecule has 11 aromatic rings. The Hall–Kier alpha value is -8.53. The minimum absolute atomic E-state index is 0.486. The van der Waals surface area contributed by atoms with Crippen molar-refractivity contribution < 1.29 is 0 Å². The molecule has 0 N–H and O–H groups in total. The molecule has 10 aromatic carbocycles. The molecule has 3 aliphatic carbocycles. The predicted octanol–water partition coefficient (Wildman–Crippen LogP) is 15.4. The van der Waals surface area contributed by atoms with E-state index in [1.807, 2.05) is 24.3 Å². The van der Waals surface area contributed by atoms with Crippen LogP contribution in [0, 0.1) is 0 Å². The molecule has 0 fully saturated rings. The lowest BCUT2D eigenvalue weighted by molar-refractivity contribution is 0.795. The van der Waals surface area contributed by atoms with Gasteiger partial charge in [-0.1, -0.05) is 212 Å². The number of fused-ring (bicyclic) bond motifs is 14. The Morgan fingerprint density at radius 1 is 0.246 bits per heavy atom. The van der Waals surface area contributed by atoms with Gasteiger partial charge in [-0.05, 0) is 112 Å². The molecule has 1 heterocycles. The molecule has 14 rings (SSSR count). The number of hydrogen-bond acceptors (Lipinski definition) is 3. The Bertz CT molecular complexity index is 3740. The predicted molar refractivity (Wildman–Crippen MR) is 265 cm³/mol. The van der Waals surface area contributed by atoms with Crippen molar-refractivity contribution in [2.75, 3.05) is 0 Å². The second-order valence-electron chi connectivity index (χ2n) is 17.4. The molecule has 1 atom stereocenters. The van der Waals surface area contributed by atoms with Crippen molar-refractivity contribution in [2.45, 2.75) is 5.41 Å². The lowest BCUT2D eigenvalue weighted by atomic mass is 9.69. The van der Waals surface area contributed by atoms with Gasteiger partial charge >= 0.3 is 0 Å². The normalized spacial score (nSPS) is 14.5. The van der Waals surface area contributed by atoms with Gasteiger partial charge in [-0.3, -0.25) is 0 Å². The van der Waals surface area contributed by atoms with E-state index in [4.69, 9.17) is 15.0 Å². The fraction of sp³-hybridized carbons (Fsp3) is 0.0161. The van der Waals surface area contributed by atoms with E-state index in [-0.39, 0.29) is 0 Å². The van der Waals surface area contributed by atoms with Crippen LogP contribution in [-0.4, -0.2) is 15.0 Å². The summed E-state index contributed by atoms with van der Waals surface area (Å²) in [6.45, 7) is 0. The smallest absolute Gasteiger partial charge is 0.164 e. The van der Waals surface area contributed by atoms with Crippen molar-refractivity contribution in [1.82, 2.24) is 15.0 Å². The molecule has 0 saturated heterocycles. The van der Waals surface area contributed by atoms with Gasteiger partial charge in [0.2, 0.25) is 0 Å². The van der Waals surface area contributed by atoms with Crippen molar-refractivity contribution in [3.8, 4) is 101 Å². The summed E-state index contributed by atoms with van der Waals surface area (Å²) < 4.78 is 0. The van der Waals surface area contributed by atoms with Crippen LogP contribution < -0.4 is 0 Å². The number of hydrogen-bond donors (Lipinski definition) is 0. The summed E-state index contributed by atoms with van der Waals surface area (Å²) in [5.74, 6) is 1.93. The first-order chi connectivity index (χ1) is 32.2. The van der Waals surface area contributed by atoms with E-state index in [1.165, 1.54) is 88.7 Å². The minimum atomic E-state index is -0.486. The Kier molecular flexibility index (Phi) is 7.61. The summed E-state index contributed by atoms with van der Waals surface area (Å²) in [4.78, 5) is 15.2. The molecule has 0 saturated carbocycles. The Balaban J connectivity index is 0.909.